The van der Waals surface area contributed by atoms with Gasteiger partial charge in [-0.2, -0.15) is 13.2 Å². The Morgan fingerprint density at radius 1 is 1.33 bits per heavy atom. The first-order valence-electron chi connectivity index (χ1n) is 5.47. The monoisotopic (exact) mass is 325 g/mol. The first-order chi connectivity index (χ1) is 8.35. The Labute approximate surface area is 113 Å². The van der Waals surface area contributed by atoms with E-state index in [1.807, 2.05) is 0 Å². The minimum atomic E-state index is -4.18. The predicted octanol–water partition coefficient (Wildman–Crippen LogP) is 3.84. The van der Waals surface area contributed by atoms with Gasteiger partial charge in [0, 0.05) is 11.0 Å². The summed E-state index contributed by atoms with van der Waals surface area (Å²) in [5.41, 5.74) is 0.778. The van der Waals surface area contributed by atoms with Crippen LogP contribution in [0.15, 0.2) is 22.7 Å². The summed E-state index contributed by atoms with van der Waals surface area (Å²) in [7, 11) is 1.53. The summed E-state index contributed by atoms with van der Waals surface area (Å²) >= 11 is 3.33. The van der Waals surface area contributed by atoms with E-state index in [2.05, 4.69) is 15.9 Å². The number of hydrogen-bond acceptors (Lipinski definition) is 2. The van der Waals surface area contributed by atoms with Crippen molar-refractivity contribution in [2.45, 2.75) is 19.6 Å². The largest absolute Gasteiger partial charge is 0.497 e. The molecule has 18 heavy (non-hydrogen) atoms. The molecule has 1 rings (SSSR count). The third-order valence-corrected chi connectivity index (χ3v) is 3.27. The van der Waals surface area contributed by atoms with Gasteiger partial charge in [-0.1, -0.05) is 22.9 Å². The molecule has 0 heterocycles. The fourth-order valence-electron chi connectivity index (χ4n) is 1.57. The summed E-state index contributed by atoms with van der Waals surface area (Å²) < 4.78 is 42.9. The molecule has 0 aromatic heterocycles. The molecule has 0 saturated heterocycles. The van der Waals surface area contributed by atoms with Gasteiger partial charge in [-0.05, 0) is 30.3 Å². The van der Waals surface area contributed by atoms with Crippen molar-refractivity contribution in [3.05, 3.63) is 28.2 Å². The van der Waals surface area contributed by atoms with E-state index in [4.69, 9.17) is 4.74 Å². The van der Waals surface area contributed by atoms with Crippen molar-refractivity contribution in [2.75, 3.05) is 20.2 Å². The number of benzene rings is 1. The molecule has 6 heteroatoms. The van der Waals surface area contributed by atoms with Crippen molar-refractivity contribution in [1.29, 1.82) is 0 Å². The molecule has 0 fully saturated rings. The van der Waals surface area contributed by atoms with Crippen LogP contribution in [0.5, 0.6) is 5.75 Å². The van der Waals surface area contributed by atoms with E-state index in [0.717, 1.165) is 10.0 Å². The van der Waals surface area contributed by atoms with Gasteiger partial charge in [-0.25, -0.2) is 0 Å². The molecule has 0 radical (unpaired) electrons. The molecule has 0 N–H and O–H groups in total. The third-order valence-electron chi connectivity index (χ3n) is 2.50. The van der Waals surface area contributed by atoms with Crippen LogP contribution in [0.25, 0.3) is 0 Å². The molecule has 0 aliphatic rings. The first kappa shape index (κ1) is 15.3. The summed E-state index contributed by atoms with van der Waals surface area (Å²) in [5.74, 6) is 0.635. The van der Waals surface area contributed by atoms with Crippen molar-refractivity contribution in [1.82, 2.24) is 4.90 Å². The van der Waals surface area contributed by atoms with Gasteiger partial charge in [0.25, 0.3) is 0 Å². The Morgan fingerprint density at radius 2 is 2.00 bits per heavy atom. The highest BCUT2D eigenvalue weighted by atomic mass is 79.9. The van der Waals surface area contributed by atoms with Crippen LogP contribution >= 0.6 is 15.9 Å². The molecule has 1 aromatic carbocycles. The summed E-state index contributed by atoms with van der Waals surface area (Å²) in [6, 6.07) is 5.27. The fourth-order valence-corrected chi connectivity index (χ4v) is 1.95. The zero-order valence-electron chi connectivity index (χ0n) is 10.2. The predicted molar refractivity (Wildman–Crippen MR) is 67.7 cm³/mol. The number of alkyl halides is 3. The van der Waals surface area contributed by atoms with Crippen LogP contribution in [0.4, 0.5) is 13.2 Å². The van der Waals surface area contributed by atoms with Crippen LogP contribution in [-0.4, -0.2) is 31.3 Å². The standard InChI is InChI=1S/C12H15BrF3NO/c1-3-17(8-12(14,15)16)7-9-6-10(18-2)4-5-11(9)13/h4-6H,3,7-8H2,1-2H3. The molecule has 0 spiro atoms. The highest BCUT2D eigenvalue weighted by molar-refractivity contribution is 9.10. The first-order valence-corrected chi connectivity index (χ1v) is 6.26. The average molecular weight is 326 g/mol. The fraction of sp³-hybridized carbons (Fsp3) is 0.500. The number of ether oxygens (including phenoxy) is 1. The molecule has 0 bridgehead atoms. The van der Waals surface area contributed by atoms with Gasteiger partial charge in [0.05, 0.1) is 13.7 Å². The normalized spacial score (nSPS) is 11.9. The number of rotatable bonds is 5. The molecule has 0 atom stereocenters. The molecule has 0 unspecified atom stereocenters. The minimum Gasteiger partial charge on any atom is -0.497 e. The highest BCUT2D eigenvalue weighted by Gasteiger charge is 2.30. The average Bonchev–Trinajstić information content (AvgIpc) is 2.29. The minimum absolute atomic E-state index is 0.230. The van der Waals surface area contributed by atoms with Crippen LogP contribution in [-0.2, 0) is 6.54 Å². The van der Waals surface area contributed by atoms with Gasteiger partial charge < -0.3 is 4.74 Å². The molecule has 102 valence electrons. The zero-order chi connectivity index (χ0) is 13.8. The SMILES string of the molecule is CCN(Cc1cc(OC)ccc1Br)CC(F)(F)F. The van der Waals surface area contributed by atoms with Crippen LogP contribution in [0.3, 0.4) is 0 Å². The van der Waals surface area contributed by atoms with Crippen LogP contribution in [0, 0.1) is 0 Å². The molecule has 0 aliphatic heterocycles. The van der Waals surface area contributed by atoms with Crippen molar-refractivity contribution in [3.63, 3.8) is 0 Å². The molecular weight excluding hydrogens is 311 g/mol. The summed E-state index contributed by atoms with van der Waals surface area (Å²) in [4.78, 5) is 1.33. The van der Waals surface area contributed by atoms with Gasteiger partial charge in [-0.15, -0.1) is 0 Å². The van der Waals surface area contributed by atoms with Crippen LogP contribution in [0.1, 0.15) is 12.5 Å². The van der Waals surface area contributed by atoms with Crippen molar-refractivity contribution < 1.29 is 17.9 Å². The number of methoxy groups -OCH3 is 1. The van der Waals surface area contributed by atoms with E-state index in [-0.39, 0.29) is 6.54 Å². The summed E-state index contributed by atoms with van der Waals surface area (Å²) in [5, 5.41) is 0. The van der Waals surface area contributed by atoms with E-state index in [1.54, 1.807) is 25.1 Å². The second kappa shape index (κ2) is 6.43. The highest BCUT2D eigenvalue weighted by Crippen LogP contribution is 2.25. The molecule has 0 amide bonds. The Hall–Kier alpha value is -0.750. The Balaban J connectivity index is 2.81. The number of hydrogen-bond donors (Lipinski definition) is 0. The summed E-state index contributed by atoms with van der Waals surface area (Å²) in [6.07, 6.45) is -4.18. The van der Waals surface area contributed by atoms with Gasteiger partial charge in [0.1, 0.15) is 5.75 Å². The van der Waals surface area contributed by atoms with E-state index in [9.17, 15) is 13.2 Å². The second-order valence-corrected chi connectivity index (χ2v) is 4.73. The zero-order valence-corrected chi connectivity index (χ0v) is 11.8. The van der Waals surface area contributed by atoms with E-state index in [1.165, 1.54) is 12.0 Å². The molecule has 1 aromatic rings. The quantitative estimate of drug-likeness (QED) is 0.815. The Kier molecular flexibility index (Phi) is 5.47. The van der Waals surface area contributed by atoms with E-state index in [0.29, 0.717) is 12.3 Å². The molecule has 0 saturated carbocycles. The maximum Gasteiger partial charge on any atom is 0.401 e. The molecular formula is C12H15BrF3NO. The van der Waals surface area contributed by atoms with Gasteiger partial charge >= 0.3 is 6.18 Å². The van der Waals surface area contributed by atoms with Crippen molar-refractivity contribution in [2.24, 2.45) is 0 Å². The maximum absolute atomic E-state index is 12.4. The van der Waals surface area contributed by atoms with E-state index >= 15 is 0 Å². The van der Waals surface area contributed by atoms with Gasteiger partial charge in [0.2, 0.25) is 0 Å². The van der Waals surface area contributed by atoms with Crippen LogP contribution in [0.2, 0.25) is 0 Å². The lowest BCUT2D eigenvalue weighted by Gasteiger charge is -2.22. The third kappa shape index (κ3) is 4.86. The van der Waals surface area contributed by atoms with Crippen LogP contribution < -0.4 is 4.74 Å². The van der Waals surface area contributed by atoms with Crippen molar-refractivity contribution >= 4 is 15.9 Å². The Morgan fingerprint density at radius 3 is 2.50 bits per heavy atom. The lowest BCUT2D eigenvalue weighted by Crippen LogP contribution is -2.33. The second-order valence-electron chi connectivity index (χ2n) is 3.88. The lowest BCUT2D eigenvalue weighted by molar-refractivity contribution is -0.146. The molecule has 0 aliphatic carbocycles. The van der Waals surface area contributed by atoms with E-state index < -0.39 is 12.7 Å². The topological polar surface area (TPSA) is 12.5 Å². The maximum atomic E-state index is 12.4. The van der Waals surface area contributed by atoms with Gasteiger partial charge in [0.15, 0.2) is 0 Å². The van der Waals surface area contributed by atoms with Gasteiger partial charge in [-0.3, -0.25) is 4.90 Å². The molecule has 2 nitrogen and oxygen atoms in total. The smallest absolute Gasteiger partial charge is 0.401 e. The lowest BCUT2D eigenvalue weighted by atomic mass is 10.2. The Bertz CT molecular complexity index is 395. The van der Waals surface area contributed by atoms with Crippen molar-refractivity contribution in [3.8, 4) is 5.75 Å². The number of nitrogens with zero attached hydrogens (tertiary/aromatic N) is 1. The summed E-state index contributed by atoms with van der Waals surface area (Å²) in [6.45, 7) is 1.36. The number of halogens is 4.